The Kier molecular flexibility index (Phi) is 9.62. The molecule has 3 rings (SSSR count). The van der Waals surface area contributed by atoms with E-state index in [1.807, 2.05) is 0 Å². The van der Waals surface area contributed by atoms with Crippen LogP contribution < -0.4 is 10.2 Å². The van der Waals surface area contributed by atoms with Crippen molar-refractivity contribution in [2.75, 3.05) is 13.2 Å². The molecule has 0 unspecified atom stereocenters. The van der Waals surface area contributed by atoms with Gasteiger partial charge in [0.05, 0.1) is 17.7 Å². The highest BCUT2D eigenvalue weighted by atomic mass is 79.9. The lowest BCUT2D eigenvalue weighted by molar-refractivity contribution is -0.121. The number of rotatable bonds is 11. The zero-order chi connectivity index (χ0) is 25.3. The van der Waals surface area contributed by atoms with Crippen LogP contribution in [0.5, 0.6) is 5.75 Å². The van der Waals surface area contributed by atoms with Crippen LogP contribution in [-0.4, -0.2) is 38.0 Å². The Hall–Kier alpha value is -2.98. The third-order valence-corrected chi connectivity index (χ3v) is 7.28. The Morgan fingerprint density at radius 2 is 1.71 bits per heavy atom. The topological polar surface area (TPSA) is 88.1 Å². The number of benzene rings is 3. The first kappa shape index (κ1) is 26.6. The summed E-state index contributed by atoms with van der Waals surface area (Å²) in [6, 6.07) is 20.1. The van der Waals surface area contributed by atoms with Crippen LogP contribution in [0.2, 0.25) is 5.02 Å². The summed E-state index contributed by atoms with van der Waals surface area (Å²) in [4.78, 5) is 12.7. The number of nitrogens with one attached hydrogen (secondary N) is 1. The molecule has 0 atom stereocenters. The van der Waals surface area contributed by atoms with E-state index < -0.39 is 22.5 Å². The highest BCUT2D eigenvalue weighted by molar-refractivity contribution is 9.10. The van der Waals surface area contributed by atoms with Gasteiger partial charge in [0.25, 0.3) is 5.91 Å². The standard InChI is InChI=1S/C25H23BrClN3O4S/c1-2-15-34-23-11-5-19(6-12-23)16-28-29-25(31)18-30(17-20-3-9-22(27)10-4-20)35(32,33)24-13-7-21(26)8-14-24/h2-14,16H,1,15,17-18H2,(H,29,31)/b28-16-. The van der Waals surface area contributed by atoms with E-state index in [9.17, 15) is 13.2 Å². The number of sulfonamides is 1. The van der Waals surface area contributed by atoms with Crippen molar-refractivity contribution in [2.24, 2.45) is 5.10 Å². The van der Waals surface area contributed by atoms with Crippen LogP contribution in [0.4, 0.5) is 0 Å². The molecule has 3 aromatic rings. The van der Waals surface area contributed by atoms with Crippen molar-refractivity contribution < 1.29 is 17.9 Å². The quantitative estimate of drug-likeness (QED) is 0.198. The summed E-state index contributed by atoms with van der Waals surface area (Å²) in [7, 11) is -3.97. The van der Waals surface area contributed by atoms with Crippen molar-refractivity contribution >= 4 is 49.7 Å². The maximum Gasteiger partial charge on any atom is 0.255 e. The molecule has 0 aliphatic carbocycles. The summed E-state index contributed by atoms with van der Waals surface area (Å²) in [6.45, 7) is 3.56. The zero-order valence-electron chi connectivity index (χ0n) is 18.6. The monoisotopic (exact) mass is 575 g/mol. The minimum atomic E-state index is -3.97. The summed E-state index contributed by atoms with van der Waals surface area (Å²) in [5, 5.41) is 4.48. The number of ether oxygens (including phenoxy) is 1. The second kappa shape index (κ2) is 12.6. The van der Waals surface area contributed by atoms with Gasteiger partial charge in [-0.05, 0) is 71.8 Å². The summed E-state index contributed by atoms with van der Waals surface area (Å²) in [6.07, 6.45) is 3.11. The average Bonchev–Trinajstić information content (AvgIpc) is 2.84. The number of carbonyl (C=O) groups is 1. The van der Waals surface area contributed by atoms with Crippen molar-refractivity contribution in [2.45, 2.75) is 11.4 Å². The maximum absolute atomic E-state index is 13.3. The van der Waals surface area contributed by atoms with Crippen LogP contribution in [0.25, 0.3) is 0 Å². The maximum atomic E-state index is 13.3. The van der Waals surface area contributed by atoms with Crippen LogP contribution in [0.1, 0.15) is 11.1 Å². The molecular formula is C25H23BrClN3O4S. The lowest BCUT2D eigenvalue weighted by Crippen LogP contribution is -2.39. The van der Waals surface area contributed by atoms with Crippen LogP contribution >= 0.6 is 27.5 Å². The molecule has 1 amide bonds. The molecule has 0 aliphatic heterocycles. The van der Waals surface area contributed by atoms with E-state index in [-0.39, 0.29) is 11.4 Å². The molecule has 0 aliphatic rings. The molecule has 3 aromatic carbocycles. The van der Waals surface area contributed by atoms with Crippen molar-refractivity contribution in [3.05, 3.63) is 106 Å². The van der Waals surface area contributed by atoms with Gasteiger partial charge in [0, 0.05) is 16.0 Å². The largest absolute Gasteiger partial charge is 0.490 e. The van der Waals surface area contributed by atoms with Crippen molar-refractivity contribution in [3.63, 3.8) is 0 Å². The molecule has 0 fully saturated rings. The first-order valence-corrected chi connectivity index (χ1v) is 13.0. The second-order valence-electron chi connectivity index (χ2n) is 7.32. The Bertz CT molecular complexity index is 1280. The van der Waals surface area contributed by atoms with Gasteiger partial charge in [-0.15, -0.1) is 0 Å². The van der Waals surface area contributed by atoms with Gasteiger partial charge in [0.2, 0.25) is 10.0 Å². The molecule has 182 valence electrons. The minimum Gasteiger partial charge on any atom is -0.490 e. The number of carbonyl (C=O) groups excluding carboxylic acids is 1. The number of halogens is 2. The molecule has 1 N–H and O–H groups in total. The van der Waals surface area contributed by atoms with Gasteiger partial charge < -0.3 is 4.74 Å². The third-order valence-electron chi connectivity index (χ3n) is 4.69. The number of hydrazone groups is 1. The predicted octanol–water partition coefficient (Wildman–Crippen LogP) is 5.01. The van der Waals surface area contributed by atoms with E-state index in [0.29, 0.717) is 22.9 Å². The molecule has 0 saturated heterocycles. The van der Waals surface area contributed by atoms with Crippen molar-refractivity contribution in [3.8, 4) is 5.75 Å². The summed E-state index contributed by atoms with van der Waals surface area (Å²) in [5.41, 5.74) is 3.81. The molecule has 0 bridgehead atoms. The van der Waals surface area contributed by atoms with E-state index in [0.717, 1.165) is 14.3 Å². The molecule has 0 heterocycles. The third kappa shape index (κ3) is 8.03. The Morgan fingerprint density at radius 1 is 1.06 bits per heavy atom. The van der Waals surface area contributed by atoms with Crippen LogP contribution in [0, 0.1) is 0 Å². The second-order valence-corrected chi connectivity index (χ2v) is 10.6. The zero-order valence-corrected chi connectivity index (χ0v) is 21.8. The lowest BCUT2D eigenvalue weighted by Gasteiger charge is -2.21. The van der Waals surface area contributed by atoms with E-state index in [4.69, 9.17) is 16.3 Å². The van der Waals surface area contributed by atoms with Gasteiger partial charge in [-0.3, -0.25) is 4.79 Å². The molecule has 0 radical (unpaired) electrons. The molecule has 0 saturated carbocycles. The fraction of sp³-hybridized carbons (Fsp3) is 0.120. The number of amides is 1. The van der Waals surface area contributed by atoms with Gasteiger partial charge in [-0.2, -0.15) is 9.41 Å². The fourth-order valence-corrected chi connectivity index (χ4v) is 4.73. The van der Waals surface area contributed by atoms with Crippen molar-refractivity contribution in [1.29, 1.82) is 0 Å². The molecule has 35 heavy (non-hydrogen) atoms. The van der Waals surface area contributed by atoms with Crippen molar-refractivity contribution in [1.82, 2.24) is 9.73 Å². The first-order valence-electron chi connectivity index (χ1n) is 10.4. The summed E-state index contributed by atoms with van der Waals surface area (Å²) in [5.74, 6) is 0.101. The van der Waals surface area contributed by atoms with Gasteiger partial charge in [-0.1, -0.05) is 52.3 Å². The SMILES string of the molecule is C=CCOc1ccc(/C=N\NC(=O)CN(Cc2ccc(Cl)cc2)S(=O)(=O)c2ccc(Br)cc2)cc1. The predicted molar refractivity (Wildman–Crippen MR) is 141 cm³/mol. The smallest absolute Gasteiger partial charge is 0.255 e. The molecular weight excluding hydrogens is 554 g/mol. The Labute approximate surface area is 218 Å². The summed E-state index contributed by atoms with van der Waals surface area (Å²) >= 11 is 9.25. The van der Waals surface area contributed by atoms with Crippen LogP contribution in [0.15, 0.2) is 99.9 Å². The van der Waals surface area contributed by atoms with E-state index in [2.05, 4.69) is 33.0 Å². The lowest BCUT2D eigenvalue weighted by atomic mass is 10.2. The highest BCUT2D eigenvalue weighted by Gasteiger charge is 2.27. The van der Waals surface area contributed by atoms with Gasteiger partial charge in [0.1, 0.15) is 12.4 Å². The minimum absolute atomic E-state index is 0.0150. The van der Waals surface area contributed by atoms with Gasteiger partial charge in [-0.25, -0.2) is 13.8 Å². The normalized spacial score (nSPS) is 11.5. The van der Waals surface area contributed by atoms with Gasteiger partial charge in [0.15, 0.2) is 0 Å². The van der Waals surface area contributed by atoms with Crippen LogP contribution in [-0.2, 0) is 21.4 Å². The Morgan fingerprint density at radius 3 is 2.34 bits per heavy atom. The summed E-state index contributed by atoms with van der Waals surface area (Å²) < 4.78 is 33.9. The highest BCUT2D eigenvalue weighted by Crippen LogP contribution is 2.21. The molecule has 0 aromatic heterocycles. The average molecular weight is 577 g/mol. The van der Waals surface area contributed by atoms with E-state index in [1.54, 1.807) is 66.7 Å². The number of hydrogen-bond acceptors (Lipinski definition) is 5. The number of nitrogens with zero attached hydrogens (tertiary/aromatic N) is 2. The van der Waals surface area contributed by atoms with Gasteiger partial charge >= 0.3 is 0 Å². The molecule has 7 nitrogen and oxygen atoms in total. The van der Waals surface area contributed by atoms with E-state index in [1.165, 1.54) is 18.3 Å². The Balaban J connectivity index is 1.71. The number of hydrogen-bond donors (Lipinski definition) is 1. The van der Waals surface area contributed by atoms with E-state index >= 15 is 0 Å². The first-order chi connectivity index (χ1) is 16.8. The van der Waals surface area contributed by atoms with Crippen LogP contribution in [0.3, 0.4) is 0 Å². The molecule has 0 spiro atoms. The molecule has 10 heteroatoms. The fourth-order valence-electron chi connectivity index (χ4n) is 2.95.